The monoisotopic (exact) mass is 350 g/mol. The van der Waals surface area contributed by atoms with Crippen LogP contribution in [0.15, 0.2) is 55.0 Å². The van der Waals surface area contributed by atoms with E-state index in [1.807, 2.05) is 6.07 Å². The molecule has 4 aromatic rings. The van der Waals surface area contributed by atoms with Gasteiger partial charge in [0.25, 0.3) is 0 Å². The fourth-order valence-electron chi connectivity index (χ4n) is 2.57. The first-order valence-corrected chi connectivity index (χ1v) is 7.66. The summed E-state index contributed by atoms with van der Waals surface area (Å²) in [7, 11) is 0. The molecule has 0 saturated carbocycles. The Balaban J connectivity index is 1.90. The Hall–Kier alpha value is -3.68. The average Bonchev–Trinajstić information content (AvgIpc) is 2.64. The predicted molar refractivity (Wildman–Crippen MR) is 94.6 cm³/mol. The Bertz CT molecular complexity index is 1120. The summed E-state index contributed by atoms with van der Waals surface area (Å²) in [6, 6.07) is 9.96. The number of benzene rings is 1. The number of nitrogens with two attached hydrogens (primary N) is 1. The first kappa shape index (κ1) is 15.8. The second-order valence-electron chi connectivity index (χ2n) is 5.51. The molecule has 0 unspecified atom stereocenters. The molecule has 0 saturated heterocycles. The molecular formula is C18H12F2N6. The lowest BCUT2D eigenvalue weighted by atomic mass is 10.1. The van der Waals surface area contributed by atoms with E-state index >= 15 is 0 Å². The molecule has 0 aliphatic carbocycles. The summed E-state index contributed by atoms with van der Waals surface area (Å²) in [6.07, 6.45) is 2.90. The molecule has 4 rings (SSSR count). The standard InChI is InChI=1S/C18H12F2N6/c19-10-3-4-13(20)12(6-10)15-7-14(11-2-1-5-22-18(11)26-15)25-17-8-16(21)23-9-24-17/h1-9H,(H3,21,22,23,24,25,26). The number of nitrogen functional groups attached to an aromatic ring is 1. The van der Waals surface area contributed by atoms with Crippen LogP contribution in [0.25, 0.3) is 22.3 Å². The summed E-state index contributed by atoms with van der Waals surface area (Å²) in [5.41, 5.74) is 6.94. The third-order valence-corrected chi connectivity index (χ3v) is 3.74. The summed E-state index contributed by atoms with van der Waals surface area (Å²) in [6.45, 7) is 0. The molecule has 0 aliphatic heterocycles. The summed E-state index contributed by atoms with van der Waals surface area (Å²) in [5, 5.41) is 3.80. The molecule has 0 radical (unpaired) electrons. The van der Waals surface area contributed by atoms with Gasteiger partial charge in [0, 0.05) is 23.2 Å². The van der Waals surface area contributed by atoms with E-state index in [9.17, 15) is 8.78 Å². The van der Waals surface area contributed by atoms with Crippen molar-refractivity contribution in [3.63, 3.8) is 0 Å². The van der Waals surface area contributed by atoms with Crippen molar-refractivity contribution in [2.45, 2.75) is 0 Å². The van der Waals surface area contributed by atoms with Gasteiger partial charge in [-0.3, -0.25) is 0 Å². The maximum Gasteiger partial charge on any atom is 0.161 e. The van der Waals surface area contributed by atoms with Crippen LogP contribution in [-0.4, -0.2) is 19.9 Å². The number of nitrogens with one attached hydrogen (secondary N) is 1. The second kappa shape index (κ2) is 6.32. The molecule has 3 N–H and O–H groups in total. The third-order valence-electron chi connectivity index (χ3n) is 3.74. The van der Waals surface area contributed by atoms with E-state index in [2.05, 4.69) is 25.3 Å². The molecule has 0 spiro atoms. The molecular weight excluding hydrogens is 338 g/mol. The number of halogens is 2. The van der Waals surface area contributed by atoms with Crippen LogP contribution in [0.5, 0.6) is 0 Å². The van der Waals surface area contributed by atoms with Gasteiger partial charge < -0.3 is 11.1 Å². The number of hydrogen-bond donors (Lipinski definition) is 2. The van der Waals surface area contributed by atoms with Crippen LogP contribution >= 0.6 is 0 Å². The van der Waals surface area contributed by atoms with Crippen LogP contribution < -0.4 is 11.1 Å². The maximum absolute atomic E-state index is 14.2. The number of pyridine rings is 2. The van der Waals surface area contributed by atoms with E-state index in [0.29, 0.717) is 28.4 Å². The van der Waals surface area contributed by atoms with E-state index in [0.717, 1.165) is 18.2 Å². The fraction of sp³-hybridized carbons (Fsp3) is 0. The van der Waals surface area contributed by atoms with Crippen molar-refractivity contribution in [3.8, 4) is 11.3 Å². The Labute approximate surface area is 146 Å². The number of fused-ring (bicyclic) bond motifs is 1. The number of rotatable bonds is 3. The molecule has 0 atom stereocenters. The van der Waals surface area contributed by atoms with Gasteiger partial charge in [-0.05, 0) is 36.4 Å². The summed E-state index contributed by atoms with van der Waals surface area (Å²) >= 11 is 0. The number of hydrogen-bond acceptors (Lipinski definition) is 6. The molecule has 128 valence electrons. The molecule has 3 aromatic heterocycles. The average molecular weight is 350 g/mol. The highest BCUT2D eigenvalue weighted by molar-refractivity contribution is 5.93. The highest BCUT2D eigenvalue weighted by Crippen LogP contribution is 2.30. The minimum absolute atomic E-state index is 0.0443. The van der Waals surface area contributed by atoms with Crippen molar-refractivity contribution in [1.29, 1.82) is 0 Å². The normalized spacial score (nSPS) is 10.8. The maximum atomic E-state index is 14.2. The minimum atomic E-state index is -0.577. The lowest BCUT2D eigenvalue weighted by Crippen LogP contribution is -2.00. The van der Waals surface area contributed by atoms with Gasteiger partial charge in [0.15, 0.2) is 5.65 Å². The van der Waals surface area contributed by atoms with E-state index in [1.54, 1.807) is 24.4 Å². The fourth-order valence-corrected chi connectivity index (χ4v) is 2.57. The molecule has 1 aromatic carbocycles. The Kier molecular flexibility index (Phi) is 3.85. The Morgan fingerprint density at radius 1 is 0.962 bits per heavy atom. The van der Waals surface area contributed by atoms with Gasteiger partial charge in [-0.25, -0.2) is 28.7 Å². The summed E-state index contributed by atoms with van der Waals surface area (Å²) in [5.74, 6) is -0.372. The Morgan fingerprint density at radius 3 is 2.69 bits per heavy atom. The first-order chi connectivity index (χ1) is 12.6. The summed E-state index contributed by atoms with van der Waals surface area (Å²) in [4.78, 5) is 16.5. The first-order valence-electron chi connectivity index (χ1n) is 7.66. The van der Waals surface area contributed by atoms with Crippen LogP contribution in [0.1, 0.15) is 0 Å². The smallest absolute Gasteiger partial charge is 0.161 e. The van der Waals surface area contributed by atoms with Gasteiger partial charge in [0.1, 0.15) is 29.6 Å². The van der Waals surface area contributed by atoms with Gasteiger partial charge in [0.2, 0.25) is 0 Å². The molecule has 6 nitrogen and oxygen atoms in total. The molecule has 0 bridgehead atoms. The van der Waals surface area contributed by atoms with Gasteiger partial charge in [-0.1, -0.05) is 0 Å². The quantitative estimate of drug-likeness (QED) is 0.586. The van der Waals surface area contributed by atoms with Crippen LogP contribution in [0.3, 0.4) is 0 Å². The number of nitrogens with zero attached hydrogens (tertiary/aromatic N) is 4. The van der Waals surface area contributed by atoms with Crippen molar-refractivity contribution in [3.05, 3.63) is 66.6 Å². The zero-order chi connectivity index (χ0) is 18.1. The van der Waals surface area contributed by atoms with Crippen molar-refractivity contribution >= 4 is 28.4 Å². The predicted octanol–water partition coefficient (Wildman–Crippen LogP) is 3.69. The lowest BCUT2D eigenvalue weighted by molar-refractivity contribution is 0.602. The summed E-state index contributed by atoms with van der Waals surface area (Å²) < 4.78 is 27.8. The van der Waals surface area contributed by atoms with E-state index in [4.69, 9.17) is 5.73 Å². The SMILES string of the molecule is Nc1cc(Nc2cc(-c3cc(F)ccc3F)nc3ncccc23)ncn1. The van der Waals surface area contributed by atoms with Gasteiger partial charge >= 0.3 is 0 Å². The van der Waals surface area contributed by atoms with Crippen molar-refractivity contribution in [2.75, 3.05) is 11.1 Å². The zero-order valence-corrected chi connectivity index (χ0v) is 13.3. The molecule has 3 heterocycles. The van der Waals surface area contributed by atoms with Gasteiger partial charge in [0.05, 0.1) is 11.4 Å². The highest BCUT2D eigenvalue weighted by Gasteiger charge is 2.13. The lowest BCUT2D eigenvalue weighted by Gasteiger charge is -2.11. The van der Waals surface area contributed by atoms with Gasteiger partial charge in [-0.2, -0.15) is 0 Å². The van der Waals surface area contributed by atoms with Crippen LogP contribution in [0.2, 0.25) is 0 Å². The zero-order valence-electron chi connectivity index (χ0n) is 13.3. The van der Waals surface area contributed by atoms with Gasteiger partial charge in [-0.15, -0.1) is 0 Å². The third kappa shape index (κ3) is 3.00. The van der Waals surface area contributed by atoms with Crippen molar-refractivity contribution in [2.24, 2.45) is 0 Å². The van der Waals surface area contributed by atoms with E-state index in [1.165, 1.54) is 6.33 Å². The Morgan fingerprint density at radius 2 is 1.85 bits per heavy atom. The number of anilines is 3. The van der Waals surface area contributed by atoms with Crippen molar-refractivity contribution in [1.82, 2.24) is 19.9 Å². The van der Waals surface area contributed by atoms with Crippen molar-refractivity contribution < 1.29 is 8.78 Å². The van der Waals surface area contributed by atoms with E-state index < -0.39 is 11.6 Å². The molecule has 0 aliphatic rings. The molecule has 0 fully saturated rings. The molecule has 8 heteroatoms. The largest absolute Gasteiger partial charge is 0.384 e. The topological polar surface area (TPSA) is 89.6 Å². The van der Waals surface area contributed by atoms with Crippen LogP contribution in [0, 0.1) is 11.6 Å². The molecule has 26 heavy (non-hydrogen) atoms. The minimum Gasteiger partial charge on any atom is -0.384 e. The van der Waals surface area contributed by atoms with Crippen LogP contribution in [-0.2, 0) is 0 Å². The van der Waals surface area contributed by atoms with Crippen LogP contribution in [0.4, 0.5) is 26.1 Å². The molecule has 0 amide bonds. The highest BCUT2D eigenvalue weighted by atomic mass is 19.1. The second-order valence-corrected chi connectivity index (χ2v) is 5.51. The number of aromatic nitrogens is 4. The van der Waals surface area contributed by atoms with E-state index in [-0.39, 0.29) is 11.3 Å².